The van der Waals surface area contributed by atoms with Crippen molar-refractivity contribution in [1.29, 1.82) is 0 Å². The van der Waals surface area contributed by atoms with Gasteiger partial charge in [0.05, 0.1) is 0 Å². The maximum atomic E-state index is 16.7. The minimum atomic E-state index is -3.58. The number of fused-ring (bicyclic) bond motifs is 7. The number of nitrogens with one attached hydrogen (secondary N) is 11. The molecule has 714 valence electrons. The Morgan fingerprint density at radius 3 is 1.06 bits per heavy atom. The van der Waals surface area contributed by atoms with Crippen LogP contribution in [0.25, 0.3) is 33.2 Å². The molecule has 2 aliphatic rings. The maximum absolute atomic E-state index is 16.7. The Balaban J connectivity index is 0.930. The van der Waals surface area contributed by atoms with Gasteiger partial charge in [0.1, 0.15) is 84.7 Å². The summed E-state index contributed by atoms with van der Waals surface area (Å²) < 4.78 is 12.8. The maximum Gasteiger partial charge on any atom is 0.417 e. The number of para-hydroxylation sites is 1. The van der Waals surface area contributed by atoms with Gasteiger partial charge in [-0.3, -0.25) is 62.3 Å². The van der Waals surface area contributed by atoms with Crippen LogP contribution < -0.4 is 80.1 Å². The van der Waals surface area contributed by atoms with Crippen LogP contribution in [-0.4, -0.2) is 201 Å². The van der Waals surface area contributed by atoms with Gasteiger partial charge in [-0.25, -0.2) is 19.4 Å². The second-order valence-electron chi connectivity index (χ2n) is 35.2. The lowest BCUT2D eigenvalue weighted by Crippen LogP contribution is -2.64. The molecule has 12 rings (SSSR count). The zero-order chi connectivity index (χ0) is 99.1. The molecule has 0 unspecified atom stereocenters. The number of H-pyrrole nitrogens is 1. The average molecular weight is 1930 g/mol. The van der Waals surface area contributed by atoms with Gasteiger partial charge in [0.25, 0.3) is 11.8 Å². The summed E-state index contributed by atoms with van der Waals surface area (Å²) in [6.07, 6.45) is -2.63. The number of nitrogens with two attached hydrogens (primary N) is 1. The highest BCUT2D eigenvalue weighted by atomic mass is 32.4. The normalized spacial score (nSPS) is 14.5. The third kappa shape index (κ3) is 23.7. The highest BCUT2D eigenvalue weighted by Crippen LogP contribution is 2.49. The number of aromatic amines is 1. The molecule has 1 aromatic heterocycles. The topological polar surface area (TPSA) is 443 Å². The van der Waals surface area contributed by atoms with Crippen LogP contribution in [0.5, 0.6) is 0 Å². The van der Waals surface area contributed by atoms with Crippen molar-refractivity contribution in [2.75, 3.05) is 25.5 Å². The van der Waals surface area contributed by atoms with Gasteiger partial charge in [-0.05, 0) is 154 Å². The fraction of sp³-hybridized carbons (Fsp3) is 0.304. The number of benzene rings is 9. The Morgan fingerprint density at radius 1 is 0.372 bits per heavy atom. The van der Waals surface area contributed by atoms with Crippen molar-refractivity contribution < 1.29 is 81.4 Å². The number of carbonyl (C=O) groups excluding carboxylic acids is 15. The van der Waals surface area contributed by atoms with E-state index >= 15 is 38.4 Å². The van der Waals surface area contributed by atoms with E-state index in [9.17, 15) is 33.6 Å². The number of aromatic nitrogens is 1. The first-order chi connectivity index (χ1) is 65.1. The Morgan fingerprint density at radius 2 is 0.679 bits per heavy atom. The molecule has 35 heteroatoms. The van der Waals surface area contributed by atoms with Crippen LogP contribution in [-0.2, 0) is 102 Å². The van der Waals surface area contributed by atoms with Crippen molar-refractivity contribution in [3.05, 3.63) is 277 Å². The van der Waals surface area contributed by atoms with E-state index in [0.717, 1.165) is 44.5 Å². The first-order valence-electron chi connectivity index (χ1n) is 44.8. The van der Waals surface area contributed by atoms with Crippen molar-refractivity contribution >= 4 is 157 Å². The van der Waals surface area contributed by atoms with E-state index in [1.165, 1.54) is 83.1 Å². The number of primary amides is 1. The third-order valence-corrected chi connectivity index (χ3v) is 34.0. The number of carbonyl (C=O) groups is 15. The molecule has 31 nitrogen and oxygen atoms in total. The van der Waals surface area contributed by atoms with Gasteiger partial charge in [-0.1, -0.05) is 260 Å². The van der Waals surface area contributed by atoms with Crippen LogP contribution in [0.1, 0.15) is 123 Å². The van der Waals surface area contributed by atoms with Gasteiger partial charge in [0, 0.05) is 66.7 Å². The van der Waals surface area contributed by atoms with E-state index in [2.05, 4.69) is 58.2 Å². The number of hydrogen-bond acceptors (Lipinski definition) is 19. The van der Waals surface area contributed by atoms with E-state index in [1.54, 1.807) is 152 Å². The largest absolute Gasteiger partial charge is 0.448 e. The first-order valence-corrected chi connectivity index (χ1v) is 50.8. The van der Waals surface area contributed by atoms with Gasteiger partial charge in [0.15, 0.2) is 0 Å². The molecule has 0 aliphatic heterocycles. The van der Waals surface area contributed by atoms with E-state index in [0.29, 0.717) is 47.5 Å². The minimum Gasteiger partial charge on any atom is -0.448 e. The van der Waals surface area contributed by atoms with Crippen LogP contribution in [0.4, 0.5) is 9.59 Å². The lowest BCUT2D eigenvalue weighted by atomic mass is 9.98. The summed E-state index contributed by atoms with van der Waals surface area (Å²) in [6.45, 7) is 14.8. The monoisotopic (exact) mass is 1930 g/mol. The Bertz CT molecular complexity index is 6190. The quantitative estimate of drug-likeness (QED) is 0.0166. The van der Waals surface area contributed by atoms with Crippen molar-refractivity contribution in [3.8, 4) is 22.3 Å². The van der Waals surface area contributed by atoms with Crippen molar-refractivity contribution in [2.45, 2.75) is 173 Å². The molecule has 10 aromatic rings. The minimum absolute atomic E-state index is 0.322. The zero-order valence-corrected chi connectivity index (χ0v) is 81.2. The Kier molecular flexibility index (Phi) is 32.8. The second kappa shape index (κ2) is 44.1. The predicted octanol–water partition coefficient (Wildman–Crippen LogP) is 7.58. The summed E-state index contributed by atoms with van der Waals surface area (Å²) in [4.78, 5) is 227. The molecule has 0 fully saturated rings. The van der Waals surface area contributed by atoms with E-state index in [1.807, 2.05) is 97.1 Å². The lowest BCUT2D eigenvalue weighted by Gasteiger charge is -2.36. The van der Waals surface area contributed by atoms with E-state index < -0.39 is 210 Å². The number of rotatable bonds is 38. The lowest BCUT2D eigenvalue weighted by molar-refractivity contribution is -0.143. The molecule has 0 saturated carbocycles. The number of imide groups is 2. The number of hydrogen-bond donors (Lipinski definition) is 12. The summed E-state index contributed by atoms with van der Waals surface area (Å²) in [5.41, 5.74) is 9.40. The van der Waals surface area contributed by atoms with Crippen LogP contribution in [0.3, 0.4) is 0 Å². The number of amides is 15. The zero-order valence-electron chi connectivity index (χ0n) is 77.8. The van der Waals surface area contributed by atoms with E-state index in [-0.39, 0.29) is 6.42 Å². The van der Waals surface area contributed by atoms with E-state index in [4.69, 9.17) is 38.8 Å². The van der Waals surface area contributed by atoms with Gasteiger partial charge in [-0.2, -0.15) is 0 Å². The molecule has 0 saturated heterocycles. The Labute approximate surface area is 804 Å². The van der Waals surface area contributed by atoms with Gasteiger partial charge in [0.2, 0.25) is 65.0 Å². The molecule has 2 aliphatic carbocycles. The standard InChI is InChI=1S/C102H112N14O17P2S2/c1-59(87(103)118)110-97(128)101(9,10)114-91(122)63(5)107-92(123)84(53-67-54-104-83-52-34-33-43-72(67)83)112-94(125)86(58-135(137,70-39-21-15-22-40-70)71-41-23-16-24-42-71)116(100(131)133-56-82-79-50-31-27-46-75(79)76-47-28-32-51-80(76)82)95(126)64(6)109-89(120)61(3)108-93(124)85(57-134(136,68-35-17-13-18-36-68)69-37-19-14-20-38-69)115(99(130)132-55-81-77-48-29-25-44-73(77)74-45-26-30-49-78(74)81)96(127)65(7)111-98(129)102(11,12)113-90(121)62(4)106-88(119)60(2)105-66(8)117/h13-52,54,59-65,81-82,84-86,104H,53,55-58H2,1-12H3,(H2,103,118)(H,105,117)(H,106,119)(H,107,123)(H,108,124)(H,109,120)(H,110,128)(H,111,129)(H,112,125)(H,113,121)(H,114,122)/t59-,60-,61-,62-,63-,64-,65-,84-,85+,86-/m0/s1. The molecule has 0 spiro atoms. The molecule has 137 heavy (non-hydrogen) atoms. The second-order valence-corrected chi connectivity index (χ2v) is 44.7. The number of ether oxygens (including phenoxy) is 2. The Hall–Kier alpha value is -14.1. The highest BCUT2D eigenvalue weighted by molar-refractivity contribution is 8.22. The van der Waals surface area contributed by atoms with Crippen LogP contribution in [0, 0.1) is 0 Å². The summed E-state index contributed by atoms with van der Waals surface area (Å²) in [5.74, 6) is -13.9. The SMILES string of the molecule is CC(=O)N[C@@H](C)C(=O)N[C@@H](C)C(=O)NC(C)(C)C(=O)N[C@@H](C)C(=O)N(C(=O)OCC1c2ccccc2-c2ccccc21)[C@H](CP(=S)(c1ccccc1)c1ccccc1)C(=O)N[C@@H](C)C(=O)N[C@@H](C)C(=O)N(C(=O)OCC1c2ccccc2-c2ccccc21)[C@@H](CP(=S)(c1ccccc1)c1ccccc1)C(=O)N[C@@H](Cc1c[nH]c2ccccc12)C(=O)N[C@@H](C)C(=O)NC(C)(C)C(=O)N[C@@H](C)C(N)=O. The first kappa shape index (κ1) is 102. The molecule has 1 heterocycles. The van der Waals surface area contributed by atoms with Crippen LogP contribution in [0.15, 0.2) is 249 Å². The summed E-state index contributed by atoms with van der Waals surface area (Å²) in [5, 5.41) is 28.8. The summed E-state index contributed by atoms with van der Waals surface area (Å²) in [7, 11) is 0. The molecule has 10 atom stereocenters. The van der Waals surface area contributed by atoms with Gasteiger partial charge in [-0.15, -0.1) is 0 Å². The van der Waals surface area contributed by atoms with Crippen molar-refractivity contribution in [2.24, 2.45) is 5.73 Å². The third-order valence-electron chi connectivity index (χ3n) is 24.4. The smallest absolute Gasteiger partial charge is 0.417 e. The summed E-state index contributed by atoms with van der Waals surface area (Å²) >= 11 is 13.8. The molecule has 13 N–H and O–H groups in total. The predicted molar refractivity (Wildman–Crippen MR) is 530 cm³/mol. The molecular weight excluding hydrogens is 1820 g/mol. The van der Waals surface area contributed by atoms with Gasteiger partial charge >= 0.3 is 12.2 Å². The molecule has 15 amide bonds. The molecular formula is C102H112N14O17P2S2. The summed E-state index contributed by atoms with van der Waals surface area (Å²) in [6, 6.07) is 48.3. The number of nitrogens with zero attached hydrogens (tertiary/aromatic N) is 2. The molecule has 0 radical (unpaired) electrons. The average Bonchev–Trinajstić information content (AvgIpc) is 1.71. The highest BCUT2D eigenvalue weighted by Gasteiger charge is 2.48. The van der Waals surface area contributed by atoms with Crippen molar-refractivity contribution in [3.63, 3.8) is 0 Å². The van der Waals surface area contributed by atoms with Crippen LogP contribution >= 0.6 is 12.1 Å². The fourth-order valence-electron chi connectivity index (χ4n) is 16.7. The molecule has 9 aromatic carbocycles. The van der Waals surface area contributed by atoms with Gasteiger partial charge < -0.3 is 73.4 Å². The fourth-order valence-corrected chi connectivity index (χ4v) is 24.7. The van der Waals surface area contributed by atoms with Crippen molar-refractivity contribution in [1.82, 2.24) is 68.0 Å². The van der Waals surface area contributed by atoms with Crippen LogP contribution in [0.2, 0.25) is 0 Å². The molecule has 0 bridgehead atoms.